The van der Waals surface area contributed by atoms with E-state index < -0.39 is 13.8 Å². The molecule has 1 atom stereocenters. The average Bonchev–Trinajstić information content (AvgIpc) is 2.97. The van der Waals surface area contributed by atoms with Crippen LogP contribution in [0.4, 0.5) is 0 Å². The molecule has 0 amide bonds. The Balaban J connectivity index is 2.37. The third-order valence-electron chi connectivity index (χ3n) is 2.15. The van der Waals surface area contributed by atoms with E-state index in [0.717, 1.165) is 25.7 Å². The first-order chi connectivity index (χ1) is 7.56. The number of hydrogen-bond acceptors (Lipinski definition) is 5. The van der Waals surface area contributed by atoms with Gasteiger partial charge in [-0.05, 0) is 25.2 Å². The number of hydrogen-bond donors (Lipinski definition) is 0. The minimum atomic E-state index is -3.67. The number of rotatable bonds is 8. The van der Waals surface area contributed by atoms with Gasteiger partial charge in [-0.3, -0.25) is 13.8 Å². The fourth-order valence-corrected chi connectivity index (χ4v) is 2.29. The van der Waals surface area contributed by atoms with Crippen LogP contribution in [0.2, 0.25) is 0 Å². The fourth-order valence-electron chi connectivity index (χ4n) is 1.05. The Bertz CT molecular complexity index is 274. The van der Waals surface area contributed by atoms with E-state index in [4.69, 9.17) is 9.05 Å². The smallest absolute Gasteiger partial charge is 0.371 e. The van der Waals surface area contributed by atoms with Crippen molar-refractivity contribution < 1.29 is 22.9 Å². The summed E-state index contributed by atoms with van der Waals surface area (Å²) in [4.78, 5) is 10.8. The molecule has 94 valence electrons. The van der Waals surface area contributed by atoms with Gasteiger partial charge in [0, 0.05) is 6.92 Å². The lowest BCUT2D eigenvalue weighted by Crippen LogP contribution is -2.06. The van der Waals surface area contributed by atoms with Crippen molar-refractivity contribution in [2.24, 2.45) is 5.92 Å². The maximum absolute atomic E-state index is 11.9. The Morgan fingerprint density at radius 2 is 2.06 bits per heavy atom. The van der Waals surface area contributed by atoms with E-state index >= 15 is 0 Å². The quantitative estimate of drug-likeness (QED) is 0.489. The molecule has 6 heteroatoms. The molecular weight excluding hydrogens is 231 g/mol. The van der Waals surface area contributed by atoms with Gasteiger partial charge in [-0.15, -0.1) is 0 Å². The van der Waals surface area contributed by atoms with Gasteiger partial charge in [0.2, 0.25) is 0 Å². The summed E-state index contributed by atoms with van der Waals surface area (Å²) in [5.41, 5.74) is 0. The summed E-state index contributed by atoms with van der Waals surface area (Å²) in [5.74, 6) is -0.200. The van der Waals surface area contributed by atoms with Gasteiger partial charge < -0.3 is 4.52 Å². The van der Waals surface area contributed by atoms with E-state index in [9.17, 15) is 9.36 Å². The predicted molar refractivity (Wildman–Crippen MR) is 58.9 cm³/mol. The van der Waals surface area contributed by atoms with Gasteiger partial charge in [0.05, 0.1) is 13.2 Å². The van der Waals surface area contributed by atoms with Crippen LogP contribution in [0.15, 0.2) is 0 Å². The first kappa shape index (κ1) is 13.7. The third kappa shape index (κ3) is 5.64. The second kappa shape index (κ2) is 6.38. The molecule has 1 aliphatic rings. The van der Waals surface area contributed by atoms with E-state index in [1.54, 1.807) is 0 Å². The number of carbonyl (C=O) groups excluding carboxylic acids is 1. The summed E-state index contributed by atoms with van der Waals surface area (Å²) in [6, 6.07) is 0. The first-order valence-corrected chi connectivity index (χ1v) is 7.11. The molecule has 0 radical (unpaired) electrons. The summed E-state index contributed by atoms with van der Waals surface area (Å²) < 4.78 is 26.7. The van der Waals surface area contributed by atoms with Gasteiger partial charge in [-0.2, -0.15) is 0 Å². The van der Waals surface area contributed by atoms with Crippen molar-refractivity contribution in [3.63, 3.8) is 0 Å². The van der Waals surface area contributed by atoms with Gasteiger partial charge in [-0.25, -0.2) is 4.57 Å². The largest absolute Gasteiger partial charge is 0.532 e. The molecule has 1 unspecified atom stereocenters. The van der Waals surface area contributed by atoms with Crippen LogP contribution in [0.3, 0.4) is 0 Å². The van der Waals surface area contributed by atoms with Crippen molar-refractivity contribution in [2.45, 2.75) is 39.5 Å². The summed E-state index contributed by atoms with van der Waals surface area (Å²) in [5, 5.41) is 0. The summed E-state index contributed by atoms with van der Waals surface area (Å²) >= 11 is 0. The van der Waals surface area contributed by atoms with Gasteiger partial charge in [0.1, 0.15) is 0 Å². The number of carbonyl (C=O) groups is 1. The lowest BCUT2D eigenvalue weighted by molar-refractivity contribution is -0.133. The maximum atomic E-state index is 11.9. The van der Waals surface area contributed by atoms with E-state index in [1.807, 2.05) is 6.92 Å². The van der Waals surface area contributed by atoms with Crippen molar-refractivity contribution in [3.8, 4) is 0 Å². The molecular formula is C10H19O5P. The monoisotopic (exact) mass is 250 g/mol. The second-order valence-corrected chi connectivity index (χ2v) is 5.55. The summed E-state index contributed by atoms with van der Waals surface area (Å²) in [6.45, 7) is 3.81. The molecule has 1 saturated carbocycles. The molecule has 0 heterocycles. The summed E-state index contributed by atoms with van der Waals surface area (Å²) in [6.07, 6.45) is 3.84. The molecule has 0 spiro atoms. The second-order valence-electron chi connectivity index (χ2n) is 3.96. The standard InChI is InChI=1S/C10H19O5P/c1-3-4-7-13-16(12,15-9(2)11)14-8-10-5-6-10/h10H,3-8H2,1-2H3. The molecule has 5 nitrogen and oxygen atoms in total. The summed E-state index contributed by atoms with van der Waals surface area (Å²) in [7, 11) is -3.67. The molecule has 0 bridgehead atoms. The lowest BCUT2D eigenvalue weighted by atomic mass is 10.4. The van der Waals surface area contributed by atoms with Gasteiger partial charge in [-0.1, -0.05) is 13.3 Å². The van der Waals surface area contributed by atoms with Crippen LogP contribution in [0.25, 0.3) is 0 Å². The molecule has 0 aromatic rings. The van der Waals surface area contributed by atoms with Crippen LogP contribution in [-0.2, 0) is 22.9 Å². The Morgan fingerprint density at radius 1 is 1.38 bits per heavy atom. The molecule has 0 aromatic carbocycles. The first-order valence-electron chi connectivity index (χ1n) is 5.65. The zero-order chi connectivity index (χ0) is 12.0. The van der Waals surface area contributed by atoms with E-state index in [2.05, 4.69) is 4.52 Å². The average molecular weight is 250 g/mol. The normalized spacial score (nSPS) is 19.1. The Morgan fingerprint density at radius 3 is 2.56 bits per heavy atom. The van der Waals surface area contributed by atoms with Crippen LogP contribution >= 0.6 is 7.82 Å². The molecule has 16 heavy (non-hydrogen) atoms. The molecule has 0 aromatic heterocycles. The van der Waals surface area contributed by atoms with Crippen molar-refractivity contribution >= 4 is 13.8 Å². The van der Waals surface area contributed by atoms with Gasteiger partial charge >= 0.3 is 13.8 Å². The highest BCUT2D eigenvalue weighted by Gasteiger charge is 2.33. The van der Waals surface area contributed by atoms with E-state index in [-0.39, 0.29) is 6.61 Å². The maximum Gasteiger partial charge on any atom is 0.532 e. The van der Waals surface area contributed by atoms with E-state index in [1.165, 1.54) is 6.92 Å². The lowest BCUT2D eigenvalue weighted by Gasteiger charge is -2.16. The minimum absolute atomic E-state index is 0.283. The van der Waals surface area contributed by atoms with Crippen LogP contribution in [0.5, 0.6) is 0 Å². The Hall–Kier alpha value is -0.380. The molecule has 1 rings (SSSR count). The van der Waals surface area contributed by atoms with Gasteiger partial charge in [0.25, 0.3) is 0 Å². The molecule has 0 N–H and O–H groups in total. The van der Waals surface area contributed by atoms with E-state index in [0.29, 0.717) is 12.5 Å². The number of phosphoric ester groups is 1. The molecule has 0 aliphatic heterocycles. The fraction of sp³-hybridized carbons (Fsp3) is 0.900. The third-order valence-corrected chi connectivity index (χ3v) is 3.60. The highest BCUT2D eigenvalue weighted by atomic mass is 31.2. The Kier molecular flexibility index (Phi) is 5.46. The minimum Gasteiger partial charge on any atom is -0.371 e. The van der Waals surface area contributed by atoms with Crippen molar-refractivity contribution in [1.82, 2.24) is 0 Å². The Labute approximate surface area is 96.1 Å². The molecule has 0 saturated heterocycles. The predicted octanol–water partition coefficient (Wildman–Crippen LogP) is 2.90. The SMILES string of the molecule is CCCCOP(=O)(OCC1CC1)OC(C)=O. The highest BCUT2D eigenvalue weighted by molar-refractivity contribution is 7.49. The van der Waals surface area contributed by atoms with Crippen LogP contribution in [-0.4, -0.2) is 19.2 Å². The van der Waals surface area contributed by atoms with Gasteiger partial charge in [0.15, 0.2) is 0 Å². The number of unbranched alkanes of at least 4 members (excludes halogenated alkanes) is 1. The highest BCUT2D eigenvalue weighted by Crippen LogP contribution is 2.51. The van der Waals surface area contributed by atoms with Crippen LogP contribution < -0.4 is 0 Å². The zero-order valence-electron chi connectivity index (χ0n) is 9.81. The number of phosphoric acid groups is 1. The topological polar surface area (TPSA) is 61.8 Å². The van der Waals surface area contributed by atoms with Crippen molar-refractivity contribution in [3.05, 3.63) is 0 Å². The van der Waals surface area contributed by atoms with Crippen LogP contribution in [0, 0.1) is 5.92 Å². The zero-order valence-corrected chi connectivity index (χ0v) is 10.7. The van der Waals surface area contributed by atoms with Crippen LogP contribution in [0.1, 0.15) is 39.5 Å². The molecule has 1 aliphatic carbocycles. The van der Waals surface area contributed by atoms with Crippen molar-refractivity contribution in [1.29, 1.82) is 0 Å². The molecule has 1 fully saturated rings. The van der Waals surface area contributed by atoms with Crippen molar-refractivity contribution in [2.75, 3.05) is 13.2 Å².